The summed E-state index contributed by atoms with van der Waals surface area (Å²) >= 11 is 0. The normalized spacial score (nSPS) is 10.6. The van der Waals surface area contributed by atoms with E-state index in [1.807, 2.05) is 32.4 Å². The van der Waals surface area contributed by atoms with Gasteiger partial charge in [0, 0.05) is 0 Å². The number of halogens is 4. The predicted molar refractivity (Wildman–Crippen MR) is 94.2 cm³/mol. The van der Waals surface area contributed by atoms with Gasteiger partial charge in [-0.3, -0.25) is 6.08 Å². The minimum atomic E-state index is -0.265. The molecule has 0 fully saturated rings. The van der Waals surface area contributed by atoms with Crippen LogP contribution < -0.4 is 24.8 Å². The molecule has 3 aromatic carbocycles. The van der Waals surface area contributed by atoms with Gasteiger partial charge in [0.05, 0.1) is 11.6 Å². The minimum Gasteiger partial charge on any atom is -1.00 e. The van der Waals surface area contributed by atoms with E-state index in [1.165, 1.54) is 24.3 Å². The summed E-state index contributed by atoms with van der Waals surface area (Å²) in [6.07, 6.45) is 12.0. The first kappa shape index (κ1) is 27.3. The molecule has 1 aliphatic carbocycles. The van der Waals surface area contributed by atoms with Crippen LogP contribution in [0.25, 0.3) is 21.5 Å². The fourth-order valence-electron chi connectivity index (χ4n) is 2.30. The van der Waals surface area contributed by atoms with Gasteiger partial charge in [-0.05, 0) is 12.1 Å². The van der Waals surface area contributed by atoms with Crippen molar-refractivity contribution in [3.8, 4) is 0 Å². The Balaban J connectivity index is 0. The molecule has 5 heteroatoms. The maximum absolute atomic E-state index is 13.0. The standard InChI is InChI=1S/C13H7F2.C5H5.C3H7.2ClH.Zr/c14-10-1-3-12-8(6-10)5-9-7-11(15)2-4-13(9)12;1-2-4-5-3-1;1-3-2;;;/h1-7H;1-3H,4H2;3H,1-2H3;2*1H;/q3*-1;;;+2/p-2. The van der Waals surface area contributed by atoms with Crippen molar-refractivity contribution < 1.29 is 59.8 Å². The van der Waals surface area contributed by atoms with Gasteiger partial charge >= 0.3 is 26.2 Å². The molecule has 0 aliphatic heterocycles. The second-order valence-electron chi connectivity index (χ2n) is 5.19. The van der Waals surface area contributed by atoms with Crippen LogP contribution in [0.15, 0.2) is 60.7 Å². The smallest absolute Gasteiger partial charge is 1.00 e. The molecule has 3 aromatic rings. The number of fused-ring (bicyclic) bond motifs is 3. The molecule has 0 N–H and O–H groups in total. The maximum atomic E-state index is 13.0. The van der Waals surface area contributed by atoms with Crippen molar-refractivity contribution >= 4 is 21.5 Å². The molecule has 0 saturated heterocycles. The van der Waals surface area contributed by atoms with E-state index in [9.17, 15) is 8.78 Å². The molecule has 0 aromatic heterocycles. The van der Waals surface area contributed by atoms with Crippen molar-refractivity contribution in [1.29, 1.82) is 0 Å². The third kappa shape index (κ3) is 7.78. The van der Waals surface area contributed by atoms with Gasteiger partial charge in [0.1, 0.15) is 0 Å². The van der Waals surface area contributed by atoms with Gasteiger partial charge < -0.3 is 31.2 Å². The van der Waals surface area contributed by atoms with Crippen LogP contribution in [0.4, 0.5) is 8.78 Å². The summed E-state index contributed by atoms with van der Waals surface area (Å²) in [5.74, 6) is -0.531. The fraction of sp³-hybridized carbons (Fsp3) is 0.143. The second kappa shape index (κ2) is 14.2. The van der Waals surface area contributed by atoms with E-state index in [0.717, 1.165) is 28.0 Å². The Labute approximate surface area is 185 Å². The van der Waals surface area contributed by atoms with E-state index in [0.29, 0.717) is 0 Å². The zero-order chi connectivity index (χ0) is 16.7. The van der Waals surface area contributed by atoms with Gasteiger partial charge in [-0.15, -0.1) is 34.0 Å². The molecule has 0 bridgehead atoms. The molecule has 138 valence electrons. The average molecular weight is 472 g/mol. The van der Waals surface area contributed by atoms with Gasteiger partial charge in [0.25, 0.3) is 0 Å². The predicted octanol–water partition coefficient (Wildman–Crippen LogP) is 0.532. The molecule has 4 rings (SSSR count). The molecule has 0 nitrogen and oxygen atoms in total. The fourth-order valence-corrected chi connectivity index (χ4v) is 2.30. The van der Waals surface area contributed by atoms with E-state index >= 15 is 0 Å². The molecular formula is C21H19Cl2F2Zr-3. The van der Waals surface area contributed by atoms with Crippen LogP contribution in [0.2, 0.25) is 0 Å². The SMILES string of the molecule is C[CH-]C.Fc1ccc2c(c1)[cH-]c1cc(F)ccc12.[C-]1=CC=CC1.[Cl-].[Cl-].[Zr+2]. The van der Waals surface area contributed by atoms with Crippen molar-refractivity contribution in [1.82, 2.24) is 0 Å². The number of allylic oxidation sites excluding steroid dienone is 4. The summed E-state index contributed by atoms with van der Waals surface area (Å²) in [5, 5.41) is 3.56. The van der Waals surface area contributed by atoms with Crippen LogP contribution in [-0.4, -0.2) is 0 Å². The first-order valence-corrected chi connectivity index (χ1v) is 7.55. The average Bonchev–Trinajstić information content (AvgIpc) is 3.17. The molecular weight excluding hydrogens is 452 g/mol. The Morgan fingerprint density at radius 3 is 1.69 bits per heavy atom. The van der Waals surface area contributed by atoms with Crippen LogP contribution in [0, 0.1) is 24.1 Å². The van der Waals surface area contributed by atoms with Crippen LogP contribution in [0.5, 0.6) is 0 Å². The Bertz CT molecular complexity index is 772. The first-order chi connectivity index (χ1) is 11.2. The van der Waals surface area contributed by atoms with Crippen molar-refractivity contribution in [2.24, 2.45) is 0 Å². The largest absolute Gasteiger partial charge is 2.00 e. The summed E-state index contributed by atoms with van der Waals surface area (Å²) in [7, 11) is 0. The second-order valence-corrected chi connectivity index (χ2v) is 5.19. The quantitative estimate of drug-likeness (QED) is 0.420. The third-order valence-electron chi connectivity index (χ3n) is 3.21. The summed E-state index contributed by atoms with van der Waals surface area (Å²) in [6.45, 7) is 4.00. The molecule has 1 aliphatic rings. The maximum Gasteiger partial charge on any atom is 2.00 e. The van der Waals surface area contributed by atoms with Crippen molar-refractivity contribution in [3.05, 3.63) is 84.8 Å². The van der Waals surface area contributed by atoms with E-state index in [1.54, 1.807) is 18.2 Å². The van der Waals surface area contributed by atoms with Crippen molar-refractivity contribution in [3.63, 3.8) is 0 Å². The Hall–Kier alpha value is -0.887. The molecule has 26 heavy (non-hydrogen) atoms. The molecule has 0 radical (unpaired) electrons. The van der Waals surface area contributed by atoms with Gasteiger partial charge in [-0.1, -0.05) is 24.3 Å². The zero-order valence-electron chi connectivity index (χ0n) is 14.6. The third-order valence-corrected chi connectivity index (χ3v) is 3.21. The Morgan fingerprint density at radius 1 is 0.923 bits per heavy atom. The van der Waals surface area contributed by atoms with E-state index in [-0.39, 0.29) is 62.7 Å². The van der Waals surface area contributed by atoms with E-state index in [4.69, 9.17) is 0 Å². The van der Waals surface area contributed by atoms with Crippen LogP contribution in [0.3, 0.4) is 0 Å². The van der Waals surface area contributed by atoms with Crippen LogP contribution >= 0.6 is 0 Å². The van der Waals surface area contributed by atoms with Crippen LogP contribution in [-0.2, 0) is 26.2 Å². The van der Waals surface area contributed by atoms with E-state index in [2.05, 4.69) is 12.2 Å². The number of hydrogen-bond acceptors (Lipinski definition) is 0. The molecule has 0 spiro atoms. The van der Waals surface area contributed by atoms with Crippen molar-refractivity contribution in [2.75, 3.05) is 0 Å². The van der Waals surface area contributed by atoms with Crippen LogP contribution in [0.1, 0.15) is 20.3 Å². The van der Waals surface area contributed by atoms with E-state index < -0.39 is 0 Å². The molecule has 0 unspecified atom stereocenters. The first-order valence-electron chi connectivity index (χ1n) is 7.55. The summed E-state index contributed by atoms with van der Waals surface area (Å²) in [6, 6.07) is 11.0. The van der Waals surface area contributed by atoms with Gasteiger partial charge in [-0.2, -0.15) is 19.9 Å². The Morgan fingerprint density at radius 2 is 1.38 bits per heavy atom. The number of hydrogen-bond donors (Lipinski definition) is 0. The van der Waals surface area contributed by atoms with Gasteiger partial charge in [-0.25, -0.2) is 20.9 Å². The molecule has 0 atom stereocenters. The summed E-state index contributed by atoms with van der Waals surface area (Å²) in [4.78, 5) is 0. The summed E-state index contributed by atoms with van der Waals surface area (Å²) in [5.41, 5.74) is 0. The van der Waals surface area contributed by atoms with Crippen molar-refractivity contribution in [2.45, 2.75) is 20.3 Å². The topological polar surface area (TPSA) is 0 Å². The molecule has 0 amide bonds. The molecule has 0 heterocycles. The zero-order valence-corrected chi connectivity index (χ0v) is 18.5. The Kier molecular flexibility index (Phi) is 14.9. The minimum absolute atomic E-state index is 0. The number of benzene rings is 2. The number of rotatable bonds is 0. The monoisotopic (exact) mass is 469 g/mol. The van der Waals surface area contributed by atoms with Gasteiger partial charge in [0.15, 0.2) is 0 Å². The molecule has 0 saturated carbocycles. The van der Waals surface area contributed by atoms with Gasteiger partial charge in [0.2, 0.25) is 0 Å². The summed E-state index contributed by atoms with van der Waals surface area (Å²) < 4.78 is 25.9.